The first-order valence-electron chi connectivity index (χ1n) is 5.24. The zero-order valence-corrected chi connectivity index (χ0v) is 10.9. The van der Waals surface area contributed by atoms with E-state index >= 15 is 0 Å². The topological polar surface area (TPSA) is 55.4 Å². The second kappa shape index (κ2) is 7.84. The third-order valence-corrected chi connectivity index (χ3v) is 2.66. The number of carbonyl (C=O) groups is 2. The maximum absolute atomic E-state index is 11.2. The molecule has 0 aliphatic carbocycles. The first-order valence-corrected chi connectivity index (χ1v) is 6.36. The van der Waals surface area contributed by atoms with Crippen molar-refractivity contribution in [3.63, 3.8) is 0 Å². The molecule has 1 aromatic rings. The van der Waals surface area contributed by atoms with Crippen molar-refractivity contribution in [1.82, 2.24) is 5.32 Å². The fourth-order valence-electron chi connectivity index (χ4n) is 1.14. The van der Waals surface area contributed by atoms with Crippen molar-refractivity contribution in [2.75, 3.05) is 11.9 Å². The largest absolute Gasteiger partial charge is 0.445 e. The minimum absolute atomic E-state index is 0.0494. The van der Waals surface area contributed by atoms with Gasteiger partial charge in [0.25, 0.3) is 0 Å². The van der Waals surface area contributed by atoms with Gasteiger partial charge in [-0.3, -0.25) is 4.79 Å². The number of ether oxygens (including phenoxy) is 1. The molecule has 0 saturated carbocycles. The van der Waals surface area contributed by atoms with Crippen LogP contribution in [0.5, 0.6) is 0 Å². The van der Waals surface area contributed by atoms with Gasteiger partial charge in [-0.2, -0.15) is 0 Å². The number of benzene rings is 1. The Hall–Kier alpha value is -1.36. The Balaban J connectivity index is 2.16. The summed E-state index contributed by atoms with van der Waals surface area (Å²) in [5.41, 5.74) is 0.930. The summed E-state index contributed by atoms with van der Waals surface area (Å²) in [6.45, 7) is 0.539. The van der Waals surface area contributed by atoms with Crippen molar-refractivity contribution in [3.05, 3.63) is 35.9 Å². The molecule has 0 unspecified atom stereocenters. The molecule has 0 spiro atoms. The van der Waals surface area contributed by atoms with Gasteiger partial charge in [0.2, 0.25) is 0 Å². The molecular formula is C12H14BrNO3. The van der Waals surface area contributed by atoms with Crippen molar-refractivity contribution < 1.29 is 14.3 Å². The van der Waals surface area contributed by atoms with Crippen LogP contribution in [0, 0.1) is 0 Å². The Kier molecular flexibility index (Phi) is 6.32. The van der Waals surface area contributed by atoms with E-state index < -0.39 is 6.09 Å². The van der Waals surface area contributed by atoms with Crippen molar-refractivity contribution in [3.8, 4) is 0 Å². The smallest absolute Gasteiger partial charge is 0.407 e. The fraction of sp³-hybridized carbons (Fsp3) is 0.333. The Bertz CT molecular complexity index is 367. The molecule has 0 atom stereocenters. The van der Waals surface area contributed by atoms with Crippen LogP contribution < -0.4 is 5.32 Å². The normalized spacial score (nSPS) is 9.71. The molecule has 92 valence electrons. The van der Waals surface area contributed by atoms with E-state index in [0.717, 1.165) is 5.56 Å². The van der Waals surface area contributed by atoms with Crippen LogP contribution in [0.1, 0.15) is 12.0 Å². The summed E-state index contributed by atoms with van der Waals surface area (Å²) < 4.78 is 4.97. The van der Waals surface area contributed by atoms with E-state index in [4.69, 9.17) is 4.74 Å². The minimum Gasteiger partial charge on any atom is -0.445 e. The second-order valence-corrected chi connectivity index (χ2v) is 3.97. The van der Waals surface area contributed by atoms with Gasteiger partial charge in [-0.25, -0.2) is 4.79 Å². The Morgan fingerprint density at radius 2 is 1.94 bits per heavy atom. The molecule has 0 aromatic heterocycles. The molecule has 0 aliphatic heterocycles. The highest BCUT2D eigenvalue weighted by Gasteiger charge is 2.03. The van der Waals surface area contributed by atoms with Crippen molar-refractivity contribution >= 4 is 27.8 Å². The molecule has 0 radical (unpaired) electrons. The molecule has 0 saturated heterocycles. The van der Waals surface area contributed by atoms with Crippen molar-refractivity contribution in [2.24, 2.45) is 0 Å². The third-order valence-electron chi connectivity index (χ3n) is 2.03. The van der Waals surface area contributed by atoms with Crippen molar-refractivity contribution in [1.29, 1.82) is 0 Å². The number of rotatable bonds is 6. The quantitative estimate of drug-likeness (QED) is 0.820. The van der Waals surface area contributed by atoms with E-state index in [-0.39, 0.29) is 12.4 Å². The van der Waals surface area contributed by atoms with E-state index in [0.29, 0.717) is 18.3 Å². The minimum atomic E-state index is -0.503. The number of nitrogens with one attached hydrogen (secondary N) is 1. The van der Waals surface area contributed by atoms with E-state index in [9.17, 15) is 9.59 Å². The lowest BCUT2D eigenvalue weighted by atomic mass is 10.2. The first-order chi connectivity index (χ1) is 8.22. The predicted octanol–water partition coefficient (Wildman–Crippen LogP) is 2.27. The van der Waals surface area contributed by atoms with Crippen LogP contribution in [0.25, 0.3) is 0 Å². The molecule has 17 heavy (non-hydrogen) atoms. The fourth-order valence-corrected chi connectivity index (χ4v) is 1.43. The summed E-state index contributed by atoms with van der Waals surface area (Å²) in [7, 11) is 0. The predicted molar refractivity (Wildman–Crippen MR) is 68.0 cm³/mol. The molecule has 1 rings (SSSR count). The molecule has 0 bridgehead atoms. The molecule has 0 aliphatic rings. The molecular weight excluding hydrogens is 286 g/mol. The maximum Gasteiger partial charge on any atom is 0.407 e. The molecule has 1 amide bonds. The SMILES string of the molecule is O=C(CBr)CCNC(=O)OCc1ccccc1. The van der Waals surface area contributed by atoms with Crippen LogP contribution in [0.3, 0.4) is 0 Å². The van der Waals surface area contributed by atoms with E-state index in [1.807, 2.05) is 30.3 Å². The maximum atomic E-state index is 11.2. The van der Waals surface area contributed by atoms with Crippen LogP contribution in [0.15, 0.2) is 30.3 Å². The zero-order valence-electron chi connectivity index (χ0n) is 9.32. The lowest BCUT2D eigenvalue weighted by Gasteiger charge is -2.06. The van der Waals surface area contributed by atoms with Gasteiger partial charge in [0.05, 0.1) is 5.33 Å². The average Bonchev–Trinajstić information content (AvgIpc) is 2.37. The number of hydrogen-bond donors (Lipinski definition) is 1. The standard InChI is InChI=1S/C12H14BrNO3/c13-8-11(15)6-7-14-12(16)17-9-10-4-2-1-3-5-10/h1-5H,6-9H2,(H,14,16). The van der Waals surface area contributed by atoms with Crippen LogP contribution in [-0.2, 0) is 16.1 Å². The van der Waals surface area contributed by atoms with Gasteiger partial charge < -0.3 is 10.1 Å². The van der Waals surface area contributed by atoms with Gasteiger partial charge in [0.15, 0.2) is 0 Å². The van der Waals surface area contributed by atoms with Gasteiger partial charge in [-0.05, 0) is 5.56 Å². The van der Waals surface area contributed by atoms with E-state index in [1.165, 1.54) is 0 Å². The number of Topliss-reactive ketones (excluding diaryl/α,β-unsaturated/α-hetero) is 1. The number of halogens is 1. The van der Waals surface area contributed by atoms with Crippen molar-refractivity contribution in [2.45, 2.75) is 13.0 Å². The van der Waals surface area contributed by atoms with Crippen LogP contribution >= 0.6 is 15.9 Å². The average molecular weight is 300 g/mol. The molecule has 0 heterocycles. The number of ketones is 1. The Morgan fingerprint density at radius 3 is 2.59 bits per heavy atom. The highest BCUT2D eigenvalue weighted by atomic mass is 79.9. The van der Waals surface area contributed by atoms with Gasteiger partial charge in [-0.15, -0.1) is 0 Å². The van der Waals surface area contributed by atoms with Crippen LogP contribution in [-0.4, -0.2) is 23.8 Å². The number of hydrogen-bond acceptors (Lipinski definition) is 3. The molecule has 1 aromatic carbocycles. The highest BCUT2D eigenvalue weighted by molar-refractivity contribution is 9.09. The summed E-state index contributed by atoms with van der Waals surface area (Å²) in [6, 6.07) is 9.41. The van der Waals surface area contributed by atoms with Gasteiger partial charge in [0.1, 0.15) is 12.4 Å². The summed E-state index contributed by atoms with van der Waals surface area (Å²) in [5, 5.41) is 2.83. The Labute approximate surface area is 108 Å². The summed E-state index contributed by atoms with van der Waals surface area (Å²) in [4.78, 5) is 22.2. The zero-order chi connectivity index (χ0) is 12.5. The lowest BCUT2D eigenvalue weighted by Crippen LogP contribution is -2.26. The van der Waals surface area contributed by atoms with Gasteiger partial charge >= 0.3 is 6.09 Å². The molecule has 1 N–H and O–H groups in total. The summed E-state index contributed by atoms with van der Waals surface area (Å²) >= 11 is 3.05. The van der Waals surface area contributed by atoms with Gasteiger partial charge in [0, 0.05) is 13.0 Å². The van der Waals surface area contributed by atoms with Crippen LogP contribution in [0.4, 0.5) is 4.79 Å². The molecule has 0 fully saturated rings. The first kappa shape index (κ1) is 13.7. The van der Waals surface area contributed by atoms with Crippen LogP contribution in [0.2, 0.25) is 0 Å². The lowest BCUT2D eigenvalue weighted by molar-refractivity contribution is -0.116. The van der Waals surface area contributed by atoms with Gasteiger partial charge in [-0.1, -0.05) is 46.3 Å². The second-order valence-electron chi connectivity index (χ2n) is 3.41. The number of amides is 1. The summed E-state index contributed by atoms with van der Waals surface area (Å²) in [6.07, 6.45) is -0.192. The number of alkyl halides is 1. The number of carbonyl (C=O) groups excluding carboxylic acids is 2. The summed E-state index contributed by atoms with van der Waals surface area (Å²) in [5.74, 6) is 0.0494. The highest BCUT2D eigenvalue weighted by Crippen LogP contribution is 2.00. The Morgan fingerprint density at radius 1 is 1.24 bits per heavy atom. The molecule has 5 heteroatoms. The number of alkyl carbamates (subject to hydrolysis) is 1. The monoisotopic (exact) mass is 299 g/mol. The van der Waals surface area contributed by atoms with E-state index in [2.05, 4.69) is 21.2 Å². The van der Waals surface area contributed by atoms with E-state index in [1.54, 1.807) is 0 Å². The third kappa shape index (κ3) is 6.06. The molecule has 4 nitrogen and oxygen atoms in total.